The topological polar surface area (TPSA) is 75.6 Å². The predicted octanol–water partition coefficient (Wildman–Crippen LogP) is -1.73. The molecule has 0 aromatic carbocycles. The first kappa shape index (κ1) is 8.90. The lowest BCUT2D eigenvalue weighted by Gasteiger charge is -2.08. The number of carbonyl (C=O) groups is 2. The minimum Gasteiger partial charge on any atom is -0.467 e. The molecule has 0 radical (unpaired) electrons. The summed E-state index contributed by atoms with van der Waals surface area (Å²) in [5.41, 5.74) is 0. The molecular weight excluding hydrogens is 138 g/mol. The zero-order chi connectivity index (χ0) is 7.98. The van der Waals surface area contributed by atoms with Crippen molar-refractivity contribution in [2.45, 2.75) is 6.04 Å². The van der Waals surface area contributed by atoms with Gasteiger partial charge in [0.05, 0.1) is 13.7 Å². The highest BCUT2D eigenvalue weighted by atomic mass is 16.5. The molecule has 5 heteroatoms. The third kappa shape index (κ3) is 2.45. The number of ether oxygens (including phenoxy) is 1. The Hall–Kier alpha value is -1.10. The van der Waals surface area contributed by atoms with Gasteiger partial charge in [-0.05, 0) is 0 Å². The second kappa shape index (κ2) is 4.75. The molecule has 0 unspecified atom stereocenters. The molecule has 0 rings (SSSR count). The zero-order valence-electron chi connectivity index (χ0n) is 5.53. The largest absolute Gasteiger partial charge is 0.467 e. The van der Waals surface area contributed by atoms with E-state index in [0.717, 1.165) is 0 Å². The number of aliphatic hydroxyl groups is 1. The quantitative estimate of drug-likeness (QED) is 0.366. The summed E-state index contributed by atoms with van der Waals surface area (Å²) in [6.45, 7) is -0.453. The summed E-state index contributed by atoms with van der Waals surface area (Å²) < 4.78 is 4.24. The maximum atomic E-state index is 10.5. The van der Waals surface area contributed by atoms with Gasteiger partial charge < -0.3 is 15.2 Å². The van der Waals surface area contributed by atoms with Crippen LogP contribution in [0.25, 0.3) is 0 Å². The van der Waals surface area contributed by atoms with Crippen molar-refractivity contribution in [1.82, 2.24) is 5.32 Å². The summed E-state index contributed by atoms with van der Waals surface area (Å²) in [6, 6.07) is -0.942. The Labute approximate surface area is 58.0 Å². The van der Waals surface area contributed by atoms with E-state index in [2.05, 4.69) is 10.1 Å². The van der Waals surface area contributed by atoms with Crippen molar-refractivity contribution < 1.29 is 19.4 Å². The van der Waals surface area contributed by atoms with Gasteiger partial charge in [-0.2, -0.15) is 0 Å². The summed E-state index contributed by atoms with van der Waals surface area (Å²) in [7, 11) is 1.18. The SMILES string of the molecule is COC(=O)[C@H](CO)NC=O. The first-order valence-corrected chi connectivity index (χ1v) is 2.64. The molecule has 1 atom stereocenters. The fraction of sp³-hybridized carbons (Fsp3) is 0.600. The number of carbonyl (C=O) groups excluding carboxylic acids is 2. The summed E-state index contributed by atoms with van der Waals surface area (Å²) in [6.07, 6.45) is 0.331. The van der Waals surface area contributed by atoms with E-state index in [1.165, 1.54) is 7.11 Å². The number of amides is 1. The maximum absolute atomic E-state index is 10.5. The molecule has 0 aliphatic rings. The lowest BCUT2D eigenvalue weighted by atomic mass is 10.3. The molecule has 0 fully saturated rings. The lowest BCUT2D eigenvalue weighted by Crippen LogP contribution is -2.39. The molecule has 0 aromatic heterocycles. The Bertz CT molecular complexity index is 125. The molecule has 5 nitrogen and oxygen atoms in total. The van der Waals surface area contributed by atoms with Crippen molar-refractivity contribution in [3.63, 3.8) is 0 Å². The highest BCUT2D eigenvalue weighted by Gasteiger charge is 2.15. The Balaban J connectivity index is 3.79. The van der Waals surface area contributed by atoms with Crippen LogP contribution in [0.4, 0.5) is 0 Å². The van der Waals surface area contributed by atoms with Gasteiger partial charge in [-0.1, -0.05) is 0 Å². The van der Waals surface area contributed by atoms with Gasteiger partial charge in [-0.25, -0.2) is 4.79 Å². The van der Waals surface area contributed by atoms with Crippen LogP contribution in [0.5, 0.6) is 0 Å². The van der Waals surface area contributed by atoms with Gasteiger partial charge in [0.15, 0.2) is 0 Å². The number of nitrogens with one attached hydrogen (secondary N) is 1. The van der Waals surface area contributed by atoms with E-state index in [1.54, 1.807) is 0 Å². The Kier molecular flexibility index (Phi) is 4.23. The van der Waals surface area contributed by atoms with E-state index in [9.17, 15) is 9.59 Å². The van der Waals surface area contributed by atoms with Crippen LogP contribution in [0.2, 0.25) is 0 Å². The lowest BCUT2D eigenvalue weighted by molar-refractivity contribution is -0.145. The number of aliphatic hydroxyl groups excluding tert-OH is 1. The van der Waals surface area contributed by atoms with Crippen LogP contribution in [0.15, 0.2) is 0 Å². The van der Waals surface area contributed by atoms with Gasteiger partial charge in [-0.3, -0.25) is 4.79 Å². The Morgan fingerprint density at radius 3 is 2.80 bits per heavy atom. The van der Waals surface area contributed by atoms with Crippen LogP contribution in [0.3, 0.4) is 0 Å². The molecule has 58 valence electrons. The minimum atomic E-state index is -0.942. The third-order valence-corrected chi connectivity index (χ3v) is 0.938. The molecule has 10 heavy (non-hydrogen) atoms. The van der Waals surface area contributed by atoms with E-state index >= 15 is 0 Å². The van der Waals surface area contributed by atoms with Gasteiger partial charge >= 0.3 is 5.97 Å². The van der Waals surface area contributed by atoms with E-state index in [1.807, 2.05) is 0 Å². The molecule has 1 amide bonds. The first-order chi connectivity index (χ1) is 4.76. The Morgan fingerprint density at radius 1 is 1.90 bits per heavy atom. The molecule has 2 N–H and O–H groups in total. The molecular formula is C5H9NO4. The highest BCUT2D eigenvalue weighted by molar-refractivity contribution is 5.78. The van der Waals surface area contributed by atoms with E-state index in [4.69, 9.17) is 5.11 Å². The summed E-state index contributed by atoms with van der Waals surface area (Å²) in [5, 5.41) is 10.5. The molecule has 0 saturated carbocycles. The van der Waals surface area contributed by atoms with Crippen molar-refractivity contribution in [3.05, 3.63) is 0 Å². The summed E-state index contributed by atoms with van der Waals surface area (Å²) in [4.78, 5) is 20.3. The van der Waals surface area contributed by atoms with Gasteiger partial charge in [0.25, 0.3) is 0 Å². The average Bonchev–Trinajstić information content (AvgIpc) is 1.99. The number of esters is 1. The zero-order valence-corrected chi connectivity index (χ0v) is 5.53. The van der Waals surface area contributed by atoms with Crippen molar-refractivity contribution in [3.8, 4) is 0 Å². The standard InChI is InChI=1S/C5H9NO4/c1-10-5(9)4(2-7)6-3-8/h3-4,7H,2H2,1H3,(H,6,8)/t4-/m0/s1. The number of rotatable bonds is 4. The molecule has 0 aromatic rings. The van der Waals surface area contributed by atoms with Gasteiger partial charge in [-0.15, -0.1) is 0 Å². The third-order valence-electron chi connectivity index (χ3n) is 0.938. The van der Waals surface area contributed by atoms with E-state index in [-0.39, 0.29) is 0 Å². The monoisotopic (exact) mass is 147 g/mol. The molecule has 0 saturated heterocycles. The van der Waals surface area contributed by atoms with Crippen LogP contribution < -0.4 is 5.32 Å². The maximum Gasteiger partial charge on any atom is 0.330 e. The summed E-state index contributed by atoms with van der Waals surface area (Å²) >= 11 is 0. The predicted molar refractivity (Wildman–Crippen MR) is 32.1 cm³/mol. The van der Waals surface area contributed by atoms with Crippen LogP contribution in [-0.2, 0) is 14.3 Å². The highest BCUT2D eigenvalue weighted by Crippen LogP contribution is 1.83. The molecule has 0 heterocycles. The number of hydrogen-bond acceptors (Lipinski definition) is 4. The van der Waals surface area contributed by atoms with E-state index in [0.29, 0.717) is 6.41 Å². The fourth-order valence-electron chi connectivity index (χ4n) is 0.420. The molecule has 0 bridgehead atoms. The van der Waals surface area contributed by atoms with E-state index < -0.39 is 18.6 Å². The van der Waals surface area contributed by atoms with Crippen molar-refractivity contribution >= 4 is 12.4 Å². The average molecular weight is 147 g/mol. The van der Waals surface area contributed by atoms with Crippen LogP contribution >= 0.6 is 0 Å². The van der Waals surface area contributed by atoms with Gasteiger partial charge in [0.1, 0.15) is 6.04 Å². The second-order valence-electron chi connectivity index (χ2n) is 1.54. The number of methoxy groups -OCH3 is 1. The van der Waals surface area contributed by atoms with Gasteiger partial charge in [0, 0.05) is 0 Å². The van der Waals surface area contributed by atoms with Crippen LogP contribution in [-0.4, -0.2) is 37.2 Å². The minimum absolute atomic E-state index is 0.331. The Morgan fingerprint density at radius 2 is 2.50 bits per heavy atom. The van der Waals surface area contributed by atoms with Gasteiger partial charge in [0.2, 0.25) is 6.41 Å². The normalized spacial score (nSPS) is 11.8. The van der Waals surface area contributed by atoms with Crippen LogP contribution in [0, 0.1) is 0 Å². The number of hydrogen-bond donors (Lipinski definition) is 2. The van der Waals surface area contributed by atoms with Crippen molar-refractivity contribution in [2.75, 3.05) is 13.7 Å². The fourth-order valence-corrected chi connectivity index (χ4v) is 0.420. The summed E-state index contributed by atoms with van der Waals surface area (Å²) in [5.74, 6) is -0.658. The molecule has 0 aliphatic heterocycles. The first-order valence-electron chi connectivity index (χ1n) is 2.64. The van der Waals surface area contributed by atoms with Crippen molar-refractivity contribution in [2.24, 2.45) is 0 Å². The van der Waals surface area contributed by atoms with Crippen LogP contribution in [0.1, 0.15) is 0 Å². The van der Waals surface area contributed by atoms with Crippen molar-refractivity contribution in [1.29, 1.82) is 0 Å². The molecule has 0 spiro atoms. The smallest absolute Gasteiger partial charge is 0.330 e. The second-order valence-corrected chi connectivity index (χ2v) is 1.54. The molecule has 0 aliphatic carbocycles.